The maximum absolute atomic E-state index is 5.46. The molecule has 0 bridgehead atoms. The van der Waals surface area contributed by atoms with Crippen molar-refractivity contribution in [1.29, 1.82) is 0 Å². The topological polar surface area (TPSA) is 24.5 Å². The molecule has 1 fully saturated rings. The van der Waals surface area contributed by atoms with Crippen LogP contribution in [0.2, 0.25) is 0 Å². The molecule has 0 amide bonds. The van der Waals surface area contributed by atoms with Crippen molar-refractivity contribution < 1.29 is 4.74 Å². The summed E-state index contributed by atoms with van der Waals surface area (Å²) in [5, 5.41) is 4.14. The number of likely N-dealkylation sites (tertiary alicyclic amines) is 1. The van der Waals surface area contributed by atoms with Crippen molar-refractivity contribution >= 4 is 17.3 Å². The molecule has 0 spiro atoms. The highest BCUT2D eigenvalue weighted by molar-refractivity contribution is 7.80. The summed E-state index contributed by atoms with van der Waals surface area (Å²) in [6, 6.07) is 0. The second-order valence-electron chi connectivity index (χ2n) is 4.22. The standard InChI is InChI=1S/C11H22N2OS/c1-4-6-12-11(15)13-7-5-9(2)10(8-13)14-3/h9-10H,4-8H2,1-3H3,(H,12,15). The highest BCUT2D eigenvalue weighted by Gasteiger charge is 2.26. The molecule has 1 aliphatic heterocycles. The molecule has 1 rings (SSSR count). The van der Waals surface area contributed by atoms with Gasteiger partial charge < -0.3 is 15.0 Å². The number of piperidine rings is 1. The van der Waals surface area contributed by atoms with Gasteiger partial charge in [-0.15, -0.1) is 0 Å². The molecule has 88 valence electrons. The highest BCUT2D eigenvalue weighted by Crippen LogP contribution is 2.19. The Hall–Kier alpha value is -0.350. The fourth-order valence-corrected chi connectivity index (χ4v) is 2.14. The fraction of sp³-hybridized carbons (Fsp3) is 0.909. The number of ether oxygens (including phenoxy) is 1. The first-order chi connectivity index (χ1) is 7.19. The summed E-state index contributed by atoms with van der Waals surface area (Å²) in [4.78, 5) is 2.22. The molecule has 0 aromatic rings. The lowest BCUT2D eigenvalue weighted by molar-refractivity contribution is 0.0147. The molecule has 0 radical (unpaired) electrons. The van der Waals surface area contributed by atoms with Crippen molar-refractivity contribution in [2.45, 2.75) is 32.8 Å². The van der Waals surface area contributed by atoms with Gasteiger partial charge in [0, 0.05) is 26.7 Å². The summed E-state index contributed by atoms with van der Waals surface area (Å²) < 4.78 is 5.46. The predicted octanol–water partition coefficient (Wildman–Crippen LogP) is 1.63. The third-order valence-corrected chi connectivity index (χ3v) is 3.41. The quantitative estimate of drug-likeness (QED) is 0.745. The fourth-order valence-electron chi connectivity index (χ4n) is 1.87. The zero-order chi connectivity index (χ0) is 11.3. The van der Waals surface area contributed by atoms with Crippen LogP contribution in [-0.4, -0.2) is 42.9 Å². The minimum atomic E-state index is 0.320. The van der Waals surface area contributed by atoms with E-state index in [2.05, 4.69) is 24.1 Å². The third kappa shape index (κ3) is 3.61. The summed E-state index contributed by atoms with van der Waals surface area (Å²) in [5.74, 6) is 0.639. The molecule has 1 saturated heterocycles. The predicted molar refractivity (Wildman–Crippen MR) is 67.0 cm³/mol. The number of nitrogens with one attached hydrogen (secondary N) is 1. The Morgan fingerprint density at radius 1 is 1.60 bits per heavy atom. The van der Waals surface area contributed by atoms with Crippen molar-refractivity contribution in [2.75, 3.05) is 26.7 Å². The van der Waals surface area contributed by atoms with Crippen molar-refractivity contribution in [2.24, 2.45) is 5.92 Å². The first kappa shape index (κ1) is 12.7. The van der Waals surface area contributed by atoms with Gasteiger partial charge in [-0.05, 0) is 31.0 Å². The van der Waals surface area contributed by atoms with Gasteiger partial charge in [0.15, 0.2) is 5.11 Å². The van der Waals surface area contributed by atoms with Crippen LogP contribution in [0, 0.1) is 5.92 Å². The summed E-state index contributed by atoms with van der Waals surface area (Å²) >= 11 is 5.34. The van der Waals surface area contributed by atoms with Crippen LogP contribution in [0.25, 0.3) is 0 Å². The van der Waals surface area contributed by atoms with E-state index in [1.807, 2.05) is 0 Å². The SMILES string of the molecule is CCCNC(=S)N1CCC(C)C(OC)C1. The average molecular weight is 230 g/mol. The molecule has 3 nitrogen and oxygen atoms in total. The van der Waals surface area contributed by atoms with E-state index >= 15 is 0 Å². The molecule has 0 aromatic heterocycles. The molecule has 1 aliphatic rings. The number of thiocarbonyl (C=S) groups is 1. The van der Waals surface area contributed by atoms with E-state index in [0.717, 1.165) is 37.6 Å². The Balaban J connectivity index is 2.40. The van der Waals surface area contributed by atoms with E-state index in [0.29, 0.717) is 12.0 Å². The van der Waals surface area contributed by atoms with Crippen LogP contribution in [0.1, 0.15) is 26.7 Å². The van der Waals surface area contributed by atoms with Gasteiger partial charge in [-0.3, -0.25) is 0 Å². The first-order valence-electron chi connectivity index (χ1n) is 5.74. The Bertz CT molecular complexity index is 211. The van der Waals surface area contributed by atoms with Gasteiger partial charge in [-0.2, -0.15) is 0 Å². The van der Waals surface area contributed by atoms with Gasteiger partial charge in [0.1, 0.15) is 0 Å². The van der Waals surface area contributed by atoms with Gasteiger partial charge in [0.2, 0.25) is 0 Å². The summed E-state index contributed by atoms with van der Waals surface area (Å²) in [7, 11) is 1.78. The van der Waals surface area contributed by atoms with E-state index < -0.39 is 0 Å². The third-order valence-electron chi connectivity index (χ3n) is 3.01. The van der Waals surface area contributed by atoms with E-state index in [9.17, 15) is 0 Å². The maximum Gasteiger partial charge on any atom is 0.169 e. The van der Waals surface area contributed by atoms with Crippen LogP contribution in [0.15, 0.2) is 0 Å². The molecular formula is C11H22N2OS. The van der Waals surface area contributed by atoms with Crippen LogP contribution in [0.3, 0.4) is 0 Å². The van der Waals surface area contributed by atoms with Crippen molar-refractivity contribution in [1.82, 2.24) is 10.2 Å². The minimum absolute atomic E-state index is 0.320. The van der Waals surface area contributed by atoms with Gasteiger partial charge >= 0.3 is 0 Å². The number of rotatable bonds is 3. The molecule has 15 heavy (non-hydrogen) atoms. The van der Waals surface area contributed by atoms with Crippen molar-refractivity contribution in [3.8, 4) is 0 Å². The Kier molecular flexibility index (Phi) is 5.32. The number of hydrogen-bond donors (Lipinski definition) is 1. The lowest BCUT2D eigenvalue weighted by atomic mass is 9.96. The molecule has 1 heterocycles. The molecule has 1 N–H and O–H groups in total. The van der Waals surface area contributed by atoms with Crippen LogP contribution in [-0.2, 0) is 4.74 Å². The molecule has 2 unspecified atom stereocenters. The monoisotopic (exact) mass is 230 g/mol. The maximum atomic E-state index is 5.46. The number of nitrogens with zero attached hydrogens (tertiary/aromatic N) is 1. The number of hydrogen-bond acceptors (Lipinski definition) is 2. The normalized spacial score (nSPS) is 26.5. The lowest BCUT2D eigenvalue weighted by Gasteiger charge is -2.37. The molecule has 4 heteroatoms. The zero-order valence-corrected chi connectivity index (χ0v) is 10.8. The lowest BCUT2D eigenvalue weighted by Crippen LogP contribution is -2.50. The van der Waals surface area contributed by atoms with Gasteiger partial charge in [-0.1, -0.05) is 13.8 Å². The van der Waals surface area contributed by atoms with E-state index in [4.69, 9.17) is 17.0 Å². The van der Waals surface area contributed by atoms with Gasteiger partial charge in [-0.25, -0.2) is 0 Å². The van der Waals surface area contributed by atoms with Crippen LogP contribution in [0.4, 0.5) is 0 Å². The highest BCUT2D eigenvalue weighted by atomic mass is 32.1. The first-order valence-corrected chi connectivity index (χ1v) is 6.15. The Morgan fingerprint density at radius 2 is 2.33 bits per heavy atom. The minimum Gasteiger partial charge on any atom is -0.379 e. The largest absolute Gasteiger partial charge is 0.379 e. The molecular weight excluding hydrogens is 208 g/mol. The van der Waals surface area contributed by atoms with Crippen LogP contribution in [0.5, 0.6) is 0 Å². The molecule has 2 atom stereocenters. The second-order valence-corrected chi connectivity index (χ2v) is 4.60. The summed E-state index contributed by atoms with van der Waals surface area (Å²) in [6.45, 7) is 7.33. The summed E-state index contributed by atoms with van der Waals surface area (Å²) in [5.41, 5.74) is 0. The smallest absolute Gasteiger partial charge is 0.169 e. The van der Waals surface area contributed by atoms with Crippen molar-refractivity contribution in [3.05, 3.63) is 0 Å². The zero-order valence-electron chi connectivity index (χ0n) is 9.95. The van der Waals surface area contributed by atoms with Gasteiger partial charge in [0.25, 0.3) is 0 Å². The second kappa shape index (κ2) is 6.28. The van der Waals surface area contributed by atoms with E-state index in [-0.39, 0.29) is 0 Å². The van der Waals surface area contributed by atoms with Crippen LogP contribution >= 0.6 is 12.2 Å². The van der Waals surface area contributed by atoms with Crippen molar-refractivity contribution in [3.63, 3.8) is 0 Å². The molecule has 0 saturated carbocycles. The molecule has 0 aromatic carbocycles. The summed E-state index contributed by atoms with van der Waals surface area (Å²) in [6.07, 6.45) is 2.59. The van der Waals surface area contributed by atoms with Crippen LogP contribution < -0.4 is 5.32 Å². The number of methoxy groups -OCH3 is 1. The molecule has 0 aliphatic carbocycles. The van der Waals surface area contributed by atoms with E-state index in [1.165, 1.54) is 0 Å². The Labute approximate surface area is 98.2 Å². The van der Waals surface area contributed by atoms with Gasteiger partial charge in [0.05, 0.1) is 6.10 Å². The van der Waals surface area contributed by atoms with E-state index in [1.54, 1.807) is 7.11 Å². The average Bonchev–Trinajstić information content (AvgIpc) is 2.26. The Morgan fingerprint density at radius 3 is 2.93 bits per heavy atom.